The maximum Gasteiger partial charge on any atom is 0.455 e. The van der Waals surface area contributed by atoms with Crippen molar-refractivity contribution in [2.75, 3.05) is 0 Å². The van der Waals surface area contributed by atoms with Gasteiger partial charge in [0.15, 0.2) is 0 Å². The van der Waals surface area contributed by atoms with Gasteiger partial charge in [-0.1, -0.05) is 27.2 Å². The number of nitrogens with one attached hydrogen (secondary N) is 1. The van der Waals surface area contributed by atoms with E-state index in [4.69, 9.17) is 0 Å². The fourth-order valence-electron chi connectivity index (χ4n) is 1.96. The molecule has 0 amide bonds. The molecule has 0 radical (unpaired) electrons. The Morgan fingerprint density at radius 2 is 1.43 bits per heavy atom. The molecule has 0 aliphatic rings. The zero-order valence-electron chi connectivity index (χ0n) is 13.2. The molecule has 0 rings (SSSR count). The second-order valence-electron chi connectivity index (χ2n) is 6.79. The number of hydrogen-bond acceptors (Lipinski definition) is 2. The van der Waals surface area contributed by atoms with Crippen LogP contribution in [0, 0.1) is 5.41 Å². The largest absolute Gasteiger partial charge is 0.598 e. The fourth-order valence-corrected chi connectivity index (χ4v) is 3.00. The number of hydrogen-bond donors (Lipinski definition) is 1. The third kappa shape index (κ3) is 5.25. The van der Waals surface area contributed by atoms with Crippen molar-refractivity contribution < 1.29 is 26.5 Å². The van der Waals surface area contributed by atoms with Gasteiger partial charge in [-0.15, -0.1) is 4.72 Å². The lowest BCUT2D eigenvalue weighted by Crippen LogP contribution is -2.63. The highest BCUT2D eigenvalue weighted by molar-refractivity contribution is 7.90. The molecular formula is C13H24F5NOS. The first-order valence-electron chi connectivity index (χ1n) is 6.70. The van der Waals surface area contributed by atoms with Crippen LogP contribution in [0.5, 0.6) is 0 Å². The van der Waals surface area contributed by atoms with E-state index < -0.39 is 39.7 Å². The molecule has 0 heterocycles. The van der Waals surface area contributed by atoms with E-state index in [0.717, 1.165) is 0 Å². The Bertz CT molecular complexity index is 338. The Morgan fingerprint density at radius 1 is 1.00 bits per heavy atom. The summed E-state index contributed by atoms with van der Waals surface area (Å²) in [4.78, 5) is 0. The molecule has 0 aliphatic carbocycles. The standard InChI is InChI=1S/C13H24F5NOS/c1-7-8-11(5,6)9(12(14,15)13(16,17)18)19-21(20)10(2,3)4/h9,19H,7-8H2,1-6H3/t9?,21-/m1/s1. The van der Waals surface area contributed by atoms with Crippen molar-refractivity contribution in [2.45, 2.75) is 77.3 Å². The second kappa shape index (κ2) is 6.58. The Morgan fingerprint density at radius 3 is 1.71 bits per heavy atom. The molecule has 0 saturated carbocycles. The van der Waals surface area contributed by atoms with Gasteiger partial charge >= 0.3 is 12.1 Å². The minimum Gasteiger partial charge on any atom is -0.598 e. The topological polar surface area (TPSA) is 35.1 Å². The molecule has 0 saturated heterocycles. The highest BCUT2D eigenvalue weighted by atomic mass is 32.2. The molecule has 0 aromatic rings. The van der Waals surface area contributed by atoms with Crippen LogP contribution in [0.25, 0.3) is 0 Å². The molecule has 21 heavy (non-hydrogen) atoms. The summed E-state index contributed by atoms with van der Waals surface area (Å²) >= 11 is -2.03. The predicted octanol–water partition coefficient (Wildman–Crippen LogP) is 4.43. The van der Waals surface area contributed by atoms with Crippen molar-refractivity contribution in [2.24, 2.45) is 5.41 Å². The van der Waals surface area contributed by atoms with Gasteiger partial charge in [0, 0.05) is 11.4 Å². The number of halogens is 5. The molecule has 1 N–H and O–H groups in total. The van der Waals surface area contributed by atoms with Gasteiger partial charge in [-0.05, 0) is 32.6 Å². The van der Waals surface area contributed by atoms with Crippen molar-refractivity contribution in [3.05, 3.63) is 0 Å². The minimum absolute atomic E-state index is 0.150. The zero-order chi connectivity index (χ0) is 17.3. The van der Waals surface area contributed by atoms with Crippen LogP contribution >= 0.6 is 0 Å². The van der Waals surface area contributed by atoms with Gasteiger partial charge in [-0.25, -0.2) is 0 Å². The Hall–Kier alpha value is -0.0800. The van der Waals surface area contributed by atoms with Crippen LogP contribution in [0.3, 0.4) is 0 Å². The SMILES string of the molecule is CCCC(C)(C)C(N[S@+]([O-])C(C)(C)C)C(F)(F)C(F)(F)F. The van der Waals surface area contributed by atoms with Crippen molar-refractivity contribution in [1.29, 1.82) is 0 Å². The van der Waals surface area contributed by atoms with Gasteiger partial charge in [-0.3, -0.25) is 0 Å². The lowest BCUT2D eigenvalue weighted by Gasteiger charge is -2.41. The third-order valence-electron chi connectivity index (χ3n) is 3.20. The molecule has 0 bridgehead atoms. The second-order valence-corrected chi connectivity index (χ2v) is 8.79. The first-order valence-corrected chi connectivity index (χ1v) is 7.85. The van der Waals surface area contributed by atoms with Gasteiger partial charge in [0.05, 0.1) is 0 Å². The summed E-state index contributed by atoms with van der Waals surface area (Å²) in [6.07, 6.45) is -5.10. The molecule has 128 valence electrons. The van der Waals surface area contributed by atoms with Gasteiger partial charge < -0.3 is 4.55 Å². The third-order valence-corrected chi connectivity index (χ3v) is 4.76. The lowest BCUT2D eigenvalue weighted by molar-refractivity contribution is -0.300. The number of alkyl halides is 5. The average molecular weight is 337 g/mol. The van der Waals surface area contributed by atoms with Crippen LogP contribution < -0.4 is 4.72 Å². The van der Waals surface area contributed by atoms with Crippen LogP contribution in [0.15, 0.2) is 0 Å². The predicted molar refractivity (Wildman–Crippen MR) is 74.5 cm³/mol. The van der Waals surface area contributed by atoms with Crippen molar-refractivity contribution >= 4 is 11.4 Å². The number of rotatable bonds is 6. The highest BCUT2D eigenvalue weighted by Gasteiger charge is 2.67. The van der Waals surface area contributed by atoms with E-state index in [0.29, 0.717) is 6.42 Å². The molecule has 0 fully saturated rings. The quantitative estimate of drug-likeness (QED) is 0.575. The molecule has 0 aromatic heterocycles. The summed E-state index contributed by atoms with van der Waals surface area (Å²) in [7, 11) is 0. The molecule has 1 unspecified atom stereocenters. The lowest BCUT2D eigenvalue weighted by atomic mass is 9.77. The smallest absolute Gasteiger partial charge is 0.455 e. The molecule has 0 aromatic carbocycles. The van der Waals surface area contributed by atoms with E-state index in [1.165, 1.54) is 34.6 Å². The van der Waals surface area contributed by atoms with E-state index in [-0.39, 0.29) is 6.42 Å². The zero-order valence-corrected chi connectivity index (χ0v) is 14.0. The fraction of sp³-hybridized carbons (Fsp3) is 1.00. The van der Waals surface area contributed by atoms with Gasteiger partial charge in [0.2, 0.25) is 0 Å². The average Bonchev–Trinajstić information content (AvgIpc) is 2.21. The van der Waals surface area contributed by atoms with Crippen LogP contribution in [0.1, 0.15) is 54.4 Å². The van der Waals surface area contributed by atoms with Crippen LogP contribution in [0.4, 0.5) is 22.0 Å². The summed E-state index contributed by atoms with van der Waals surface area (Å²) in [6.45, 7) is 8.87. The summed E-state index contributed by atoms with van der Waals surface area (Å²) in [5, 5.41) is 0. The van der Waals surface area contributed by atoms with Gasteiger partial charge in [0.1, 0.15) is 10.8 Å². The maximum absolute atomic E-state index is 13.8. The van der Waals surface area contributed by atoms with Crippen molar-refractivity contribution in [3.8, 4) is 0 Å². The molecule has 0 aliphatic heterocycles. The Kier molecular flexibility index (Phi) is 6.55. The first-order chi connectivity index (χ1) is 9.07. The summed E-state index contributed by atoms with van der Waals surface area (Å²) in [6, 6.07) is -2.26. The minimum atomic E-state index is -5.70. The Balaban J connectivity index is 5.61. The van der Waals surface area contributed by atoms with E-state index in [1.54, 1.807) is 6.92 Å². The summed E-state index contributed by atoms with van der Waals surface area (Å²) < 4.78 is 78.9. The maximum atomic E-state index is 13.8. The molecule has 8 heteroatoms. The summed E-state index contributed by atoms with van der Waals surface area (Å²) in [5.41, 5.74) is -1.37. The van der Waals surface area contributed by atoms with E-state index in [1.807, 2.05) is 4.72 Å². The highest BCUT2D eigenvalue weighted by Crippen LogP contribution is 2.46. The molecule has 0 spiro atoms. The van der Waals surface area contributed by atoms with Crippen LogP contribution in [-0.4, -0.2) is 27.4 Å². The van der Waals surface area contributed by atoms with Gasteiger partial charge in [-0.2, -0.15) is 22.0 Å². The summed E-state index contributed by atoms with van der Waals surface area (Å²) in [5.74, 6) is -4.97. The Labute approximate surface area is 126 Å². The van der Waals surface area contributed by atoms with E-state index in [2.05, 4.69) is 0 Å². The van der Waals surface area contributed by atoms with Crippen LogP contribution in [0.2, 0.25) is 0 Å². The molecular weight excluding hydrogens is 313 g/mol. The van der Waals surface area contributed by atoms with E-state index >= 15 is 0 Å². The monoisotopic (exact) mass is 337 g/mol. The molecule has 2 nitrogen and oxygen atoms in total. The first kappa shape index (κ1) is 20.9. The van der Waals surface area contributed by atoms with Crippen molar-refractivity contribution in [3.63, 3.8) is 0 Å². The van der Waals surface area contributed by atoms with Crippen LogP contribution in [-0.2, 0) is 11.4 Å². The van der Waals surface area contributed by atoms with E-state index in [9.17, 15) is 26.5 Å². The van der Waals surface area contributed by atoms with Gasteiger partial charge in [0.25, 0.3) is 0 Å². The molecule has 2 atom stereocenters. The normalized spacial score (nSPS) is 17.7. The van der Waals surface area contributed by atoms with Crippen molar-refractivity contribution in [1.82, 2.24) is 4.72 Å².